The third-order valence-electron chi connectivity index (χ3n) is 4.36. The van der Waals surface area contributed by atoms with Gasteiger partial charge in [-0.2, -0.15) is 0 Å². The van der Waals surface area contributed by atoms with Crippen LogP contribution in [0.25, 0.3) is 11.2 Å². The number of ether oxygens (including phenoxy) is 1. The van der Waals surface area contributed by atoms with Crippen LogP contribution in [0.15, 0.2) is 33.9 Å². The summed E-state index contributed by atoms with van der Waals surface area (Å²) < 4.78 is 10.2. The van der Waals surface area contributed by atoms with E-state index < -0.39 is 0 Å². The maximum absolute atomic E-state index is 12.6. The average molecular weight is 342 g/mol. The predicted molar refractivity (Wildman–Crippen MR) is 96.1 cm³/mol. The van der Waals surface area contributed by atoms with Crippen molar-refractivity contribution in [2.24, 2.45) is 7.05 Å². The number of benzene rings is 1. The van der Waals surface area contributed by atoms with Crippen LogP contribution in [0.1, 0.15) is 25.2 Å². The monoisotopic (exact) mass is 342 g/mol. The second kappa shape index (κ2) is 6.58. The fraction of sp³-hybridized carbons (Fsp3) is 0.389. The van der Waals surface area contributed by atoms with Gasteiger partial charge in [0.25, 0.3) is 5.56 Å². The highest BCUT2D eigenvalue weighted by atomic mass is 16.5. The summed E-state index contributed by atoms with van der Waals surface area (Å²) >= 11 is 0. The molecular weight excluding hydrogens is 320 g/mol. The van der Waals surface area contributed by atoms with Gasteiger partial charge in [0.05, 0.1) is 0 Å². The van der Waals surface area contributed by atoms with Crippen molar-refractivity contribution in [3.8, 4) is 5.75 Å². The molecule has 0 bridgehead atoms. The van der Waals surface area contributed by atoms with Crippen molar-refractivity contribution in [1.29, 1.82) is 0 Å². The van der Waals surface area contributed by atoms with E-state index in [0.717, 1.165) is 11.3 Å². The van der Waals surface area contributed by atoms with Crippen molar-refractivity contribution >= 4 is 11.2 Å². The van der Waals surface area contributed by atoms with E-state index >= 15 is 0 Å². The molecule has 0 N–H and O–H groups in total. The van der Waals surface area contributed by atoms with Gasteiger partial charge < -0.3 is 9.30 Å². The first kappa shape index (κ1) is 17.0. The van der Waals surface area contributed by atoms with E-state index in [-0.39, 0.29) is 17.9 Å². The van der Waals surface area contributed by atoms with Crippen molar-refractivity contribution in [3.63, 3.8) is 0 Å². The smallest absolute Gasteiger partial charge is 0.332 e. The standard InChI is InChI=1S/C18H22N4O3/c1-5-21-16-15(17(23)22(6-2)18(21)24)20(4)14(19-16)11-25-13-9-7-12(3)8-10-13/h7-10H,5-6,11H2,1-4H3. The van der Waals surface area contributed by atoms with Crippen molar-refractivity contribution < 1.29 is 4.74 Å². The number of aryl methyl sites for hydroxylation is 3. The first-order valence-corrected chi connectivity index (χ1v) is 8.36. The Bertz CT molecular complexity index is 1030. The fourth-order valence-corrected chi connectivity index (χ4v) is 2.88. The summed E-state index contributed by atoms with van der Waals surface area (Å²) in [4.78, 5) is 29.6. The molecule has 0 amide bonds. The summed E-state index contributed by atoms with van der Waals surface area (Å²) in [5.41, 5.74) is 1.34. The minimum absolute atomic E-state index is 0.220. The number of nitrogens with zero attached hydrogens (tertiary/aromatic N) is 4. The van der Waals surface area contributed by atoms with Crippen LogP contribution in [0.2, 0.25) is 0 Å². The van der Waals surface area contributed by atoms with Gasteiger partial charge in [0, 0.05) is 20.1 Å². The molecule has 0 atom stereocenters. The summed E-state index contributed by atoms with van der Waals surface area (Å²) in [6, 6.07) is 7.73. The molecule has 132 valence electrons. The molecule has 0 unspecified atom stereocenters. The van der Waals surface area contributed by atoms with Crippen LogP contribution in [0.4, 0.5) is 0 Å². The maximum Gasteiger partial charge on any atom is 0.332 e. The van der Waals surface area contributed by atoms with Crippen LogP contribution in [-0.4, -0.2) is 18.7 Å². The number of imidazole rings is 1. The number of rotatable bonds is 5. The molecule has 0 saturated heterocycles. The zero-order valence-corrected chi connectivity index (χ0v) is 14.9. The van der Waals surface area contributed by atoms with Crippen molar-refractivity contribution in [2.75, 3.05) is 0 Å². The highest BCUT2D eigenvalue weighted by Crippen LogP contribution is 2.15. The second-order valence-corrected chi connectivity index (χ2v) is 5.94. The third-order valence-corrected chi connectivity index (χ3v) is 4.36. The van der Waals surface area contributed by atoms with Crippen LogP contribution in [0.5, 0.6) is 5.75 Å². The second-order valence-electron chi connectivity index (χ2n) is 5.94. The Labute approximate surface area is 145 Å². The first-order valence-electron chi connectivity index (χ1n) is 8.36. The van der Waals surface area contributed by atoms with Crippen molar-refractivity contribution in [2.45, 2.75) is 40.5 Å². The molecule has 3 rings (SSSR count). The zero-order chi connectivity index (χ0) is 18.1. The van der Waals surface area contributed by atoms with Crippen LogP contribution in [0, 0.1) is 6.92 Å². The topological polar surface area (TPSA) is 71.1 Å². The van der Waals surface area contributed by atoms with Gasteiger partial charge >= 0.3 is 5.69 Å². The summed E-state index contributed by atoms with van der Waals surface area (Å²) in [5.74, 6) is 1.33. The molecule has 0 aliphatic heterocycles. The lowest BCUT2D eigenvalue weighted by Gasteiger charge is -2.08. The minimum Gasteiger partial charge on any atom is -0.486 e. The summed E-state index contributed by atoms with van der Waals surface area (Å²) in [5, 5.41) is 0. The van der Waals surface area contributed by atoms with Gasteiger partial charge in [-0.25, -0.2) is 9.78 Å². The lowest BCUT2D eigenvalue weighted by molar-refractivity contribution is 0.292. The highest BCUT2D eigenvalue weighted by Gasteiger charge is 2.18. The predicted octanol–water partition coefficient (Wildman–Crippen LogP) is 1.82. The normalized spacial score (nSPS) is 11.2. The molecule has 3 aromatic rings. The molecule has 0 fully saturated rings. The van der Waals surface area contributed by atoms with E-state index in [1.807, 2.05) is 38.1 Å². The van der Waals surface area contributed by atoms with E-state index in [9.17, 15) is 9.59 Å². The molecule has 7 heteroatoms. The van der Waals surface area contributed by atoms with E-state index in [1.165, 1.54) is 9.13 Å². The molecule has 0 radical (unpaired) electrons. The van der Waals surface area contributed by atoms with E-state index in [4.69, 9.17) is 4.74 Å². The molecule has 25 heavy (non-hydrogen) atoms. The van der Waals surface area contributed by atoms with Gasteiger partial charge in [-0.1, -0.05) is 17.7 Å². The van der Waals surface area contributed by atoms with E-state index in [1.54, 1.807) is 18.5 Å². The van der Waals surface area contributed by atoms with Gasteiger partial charge in [0.1, 0.15) is 18.2 Å². The Hall–Kier alpha value is -2.83. The van der Waals surface area contributed by atoms with Gasteiger partial charge in [-0.05, 0) is 32.9 Å². The molecule has 0 aliphatic carbocycles. The van der Waals surface area contributed by atoms with Crippen LogP contribution in [0.3, 0.4) is 0 Å². The van der Waals surface area contributed by atoms with Crippen LogP contribution < -0.4 is 16.0 Å². The van der Waals surface area contributed by atoms with Gasteiger partial charge in [-0.15, -0.1) is 0 Å². The molecule has 1 aromatic carbocycles. The Morgan fingerprint density at radius 3 is 2.28 bits per heavy atom. The third kappa shape index (κ3) is 2.86. The number of hydrogen-bond donors (Lipinski definition) is 0. The first-order chi connectivity index (χ1) is 12.0. The Kier molecular flexibility index (Phi) is 4.48. The quantitative estimate of drug-likeness (QED) is 0.709. The van der Waals surface area contributed by atoms with Crippen LogP contribution >= 0.6 is 0 Å². The van der Waals surface area contributed by atoms with Gasteiger partial charge in [-0.3, -0.25) is 13.9 Å². The van der Waals surface area contributed by atoms with Gasteiger partial charge in [0.2, 0.25) is 0 Å². The fourth-order valence-electron chi connectivity index (χ4n) is 2.88. The van der Waals surface area contributed by atoms with E-state index in [2.05, 4.69) is 4.98 Å². The molecule has 0 spiro atoms. The SMILES string of the molecule is CCn1c(=O)c2c(nc(COc3ccc(C)cc3)n2C)n(CC)c1=O. The number of fused-ring (bicyclic) bond motifs is 1. The molecule has 2 heterocycles. The Morgan fingerprint density at radius 2 is 1.68 bits per heavy atom. The minimum atomic E-state index is -0.327. The summed E-state index contributed by atoms with van der Waals surface area (Å²) in [6.45, 7) is 6.66. The summed E-state index contributed by atoms with van der Waals surface area (Å²) in [6.07, 6.45) is 0. The largest absolute Gasteiger partial charge is 0.486 e. The number of hydrogen-bond acceptors (Lipinski definition) is 4. The zero-order valence-electron chi connectivity index (χ0n) is 14.9. The lowest BCUT2D eigenvalue weighted by atomic mass is 10.2. The average Bonchev–Trinajstić information content (AvgIpc) is 2.92. The Morgan fingerprint density at radius 1 is 1.04 bits per heavy atom. The van der Waals surface area contributed by atoms with Crippen molar-refractivity contribution in [1.82, 2.24) is 18.7 Å². The summed E-state index contributed by atoms with van der Waals surface area (Å²) in [7, 11) is 1.77. The van der Waals surface area contributed by atoms with Gasteiger partial charge in [0.15, 0.2) is 11.2 Å². The van der Waals surface area contributed by atoms with Crippen LogP contribution in [-0.2, 0) is 26.7 Å². The van der Waals surface area contributed by atoms with Crippen molar-refractivity contribution in [3.05, 3.63) is 56.5 Å². The Balaban J connectivity index is 2.07. The molecule has 2 aromatic heterocycles. The highest BCUT2D eigenvalue weighted by molar-refractivity contribution is 5.71. The molecule has 7 nitrogen and oxygen atoms in total. The number of aromatic nitrogens is 4. The lowest BCUT2D eigenvalue weighted by Crippen LogP contribution is -2.39. The molecule has 0 saturated carbocycles. The molecule has 0 aliphatic rings. The van der Waals surface area contributed by atoms with E-state index in [0.29, 0.717) is 30.1 Å². The maximum atomic E-state index is 12.6. The molecular formula is C18H22N4O3.